The van der Waals surface area contributed by atoms with Gasteiger partial charge in [0.2, 0.25) is 5.88 Å². The van der Waals surface area contributed by atoms with Crippen molar-refractivity contribution in [3.05, 3.63) is 53.7 Å². The highest BCUT2D eigenvalue weighted by Crippen LogP contribution is 2.32. The molecule has 0 aliphatic heterocycles. The minimum absolute atomic E-state index is 0.0195. The SMILES string of the molecule is NC(=NO)c1cccc(Oc2cccc(C(F)(F)F)c2)n1. The van der Waals surface area contributed by atoms with Crippen LogP contribution in [0.15, 0.2) is 47.6 Å². The van der Waals surface area contributed by atoms with Crippen LogP contribution < -0.4 is 10.5 Å². The van der Waals surface area contributed by atoms with Gasteiger partial charge >= 0.3 is 6.18 Å². The van der Waals surface area contributed by atoms with Crippen molar-refractivity contribution in [2.45, 2.75) is 6.18 Å². The summed E-state index contributed by atoms with van der Waals surface area (Å²) in [5, 5.41) is 11.3. The summed E-state index contributed by atoms with van der Waals surface area (Å²) in [6.07, 6.45) is -4.46. The number of nitrogens with two attached hydrogens (primary N) is 1. The molecule has 1 heterocycles. The number of nitrogens with zero attached hydrogens (tertiary/aromatic N) is 2. The Morgan fingerprint density at radius 2 is 1.90 bits per heavy atom. The molecular formula is C13H10F3N3O2. The zero-order valence-electron chi connectivity index (χ0n) is 10.5. The van der Waals surface area contributed by atoms with Gasteiger partial charge < -0.3 is 15.7 Å². The second-order valence-corrected chi connectivity index (χ2v) is 3.97. The number of oxime groups is 1. The fourth-order valence-electron chi connectivity index (χ4n) is 1.52. The number of pyridine rings is 1. The van der Waals surface area contributed by atoms with Crippen LogP contribution in [0.25, 0.3) is 0 Å². The molecule has 0 aliphatic rings. The van der Waals surface area contributed by atoms with Crippen molar-refractivity contribution in [1.82, 2.24) is 4.98 Å². The normalized spacial score (nSPS) is 12.2. The molecule has 1 aromatic carbocycles. The van der Waals surface area contributed by atoms with Crippen LogP contribution >= 0.6 is 0 Å². The topological polar surface area (TPSA) is 80.7 Å². The van der Waals surface area contributed by atoms with Crippen LogP contribution in [0.2, 0.25) is 0 Å². The molecule has 8 heteroatoms. The van der Waals surface area contributed by atoms with Crippen LogP contribution in [0.4, 0.5) is 13.2 Å². The molecule has 0 amide bonds. The van der Waals surface area contributed by atoms with Crippen LogP contribution in [-0.4, -0.2) is 16.0 Å². The lowest BCUT2D eigenvalue weighted by atomic mass is 10.2. The predicted octanol–water partition coefficient (Wildman–Crippen LogP) is 2.99. The number of hydrogen-bond donors (Lipinski definition) is 2. The van der Waals surface area contributed by atoms with Gasteiger partial charge in [0.25, 0.3) is 0 Å². The Hall–Kier alpha value is -2.77. The van der Waals surface area contributed by atoms with E-state index in [-0.39, 0.29) is 23.2 Å². The van der Waals surface area contributed by atoms with Gasteiger partial charge in [-0.05, 0) is 24.3 Å². The summed E-state index contributed by atoms with van der Waals surface area (Å²) in [7, 11) is 0. The van der Waals surface area contributed by atoms with Gasteiger partial charge in [0.15, 0.2) is 5.84 Å². The van der Waals surface area contributed by atoms with E-state index in [0.717, 1.165) is 12.1 Å². The van der Waals surface area contributed by atoms with Gasteiger partial charge in [0.05, 0.1) is 5.56 Å². The molecule has 0 radical (unpaired) electrons. The molecule has 2 aromatic rings. The highest BCUT2D eigenvalue weighted by molar-refractivity contribution is 5.95. The minimum atomic E-state index is -4.46. The number of rotatable bonds is 3. The van der Waals surface area contributed by atoms with Gasteiger partial charge in [-0.1, -0.05) is 17.3 Å². The average molecular weight is 297 g/mol. The van der Waals surface area contributed by atoms with Crippen molar-refractivity contribution < 1.29 is 23.1 Å². The van der Waals surface area contributed by atoms with Gasteiger partial charge in [-0.25, -0.2) is 4.98 Å². The third-order valence-corrected chi connectivity index (χ3v) is 2.48. The minimum Gasteiger partial charge on any atom is -0.439 e. The Balaban J connectivity index is 2.27. The average Bonchev–Trinajstić information content (AvgIpc) is 2.46. The van der Waals surface area contributed by atoms with E-state index in [2.05, 4.69) is 10.1 Å². The number of halogens is 3. The Morgan fingerprint density at radius 3 is 2.57 bits per heavy atom. The summed E-state index contributed by atoms with van der Waals surface area (Å²) in [6, 6.07) is 8.81. The number of hydrogen-bond acceptors (Lipinski definition) is 4. The van der Waals surface area contributed by atoms with Crippen molar-refractivity contribution in [2.24, 2.45) is 10.9 Å². The molecule has 0 spiro atoms. The van der Waals surface area contributed by atoms with Gasteiger partial charge in [-0.15, -0.1) is 0 Å². The van der Waals surface area contributed by atoms with E-state index in [1.807, 2.05) is 0 Å². The maximum Gasteiger partial charge on any atom is 0.416 e. The molecular weight excluding hydrogens is 287 g/mol. The van der Waals surface area contributed by atoms with Crippen LogP contribution in [-0.2, 0) is 6.18 Å². The molecule has 2 rings (SSSR count). The third-order valence-electron chi connectivity index (χ3n) is 2.48. The lowest BCUT2D eigenvalue weighted by Gasteiger charge is -2.09. The van der Waals surface area contributed by atoms with Crippen molar-refractivity contribution in [3.8, 4) is 11.6 Å². The molecule has 0 bridgehead atoms. The monoisotopic (exact) mass is 297 g/mol. The summed E-state index contributed by atoms with van der Waals surface area (Å²) in [4.78, 5) is 3.91. The fraction of sp³-hybridized carbons (Fsp3) is 0.0769. The van der Waals surface area contributed by atoms with E-state index in [1.165, 1.54) is 30.3 Å². The lowest BCUT2D eigenvalue weighted by Crippen LogP contribution is -2.14. The van der Waals surface area contributed by atoms with Crippen molar-refractivity contribution in [1.29, 1.82) is 0 Å². The molecule has 21 heavy (non-hydrogen) atoms. The maximum absolute atomic E-state index is 12.6. The third kappa shape index (κ3) is 3.62. The first-order valence-electron chi connectivity index (χ1n) is 5.70. The summed E-state index contributed by atoms with van der Waals surface area (Å²) >= 11 is 0. The highest BCUT2D eigenvalue weighted by Gasteiger charge is 2.30. The Kier molecular flexibility index (Phi) is 3.97. The second kappa shape index (κ2) is 5.70. The highest BCUT2D eigenvalue weighted by atomic mass is 19.4. The summed E-state index contributed by atoms with van der Waals surface area (Å²) in [5.74, 6) is -0.225. The molecule has 0 atom stereocenters. The van der Waals surface area contributed by atoms with E-state index in [4.69, 9.17) is 15.7 Å². The van der Waals surface area contributed by atoms with Crippen LogP contribution in [0.5, 0.6) is 11.6 Å². The van der Waals surface area contributed by atoms with E-state index in [0.29, 0.717) is 0 Å². The van der Waals surface area contributed by atoms with Crippen LogP contribution in [0.1, 0.15) is 11.3 Å². The Labute approximate surface area is 117 Å². The fourth-order valence-corrected chi connectivity index (χ4v) is 1.52. The first-order valence-corrected chi connectivity index (χ1v) is 5.70. The number of benzene rings is 1. The van der Waals surface area contributed by atoms with Gasteiger partial charge in [-0.2, -0.15) is 13.2 Å². The molecule has 5 nitrogen and oxygen atoms in total. The van der Waals surface area contributed by atoms with E-state index in [1.54, 1.807) is 0 Å². The second-order valence-electron chi connectivity index (χ2n) is 3.97. The Bertz CT molecular complexity index is 672. The van der Waals surface area contributed by atoms with Crippen molar-refractivity contribution in [3.63, 3.8) is 0 Å². The smallest absolute Gasteiger partial charge is 0.416 e. The molecule has 110 valence electrons. The van der Waals surface area contributed by atoms with Crippen molar-refractivity contribution >= 4 is 5.84 Å². The van der Waals surface area contributed by atoms with Crippen LogP contribution in [0, 0.1) is 0 Å². The zero-order valence-corrected chi connectivity index (χ0v) is 10.5. The van der Waals surface area contributed by atoms with E-state index < -0.39 is 11.7 Å². The number of aromatic nitrogens is 1. The predicted molar refractivity (Wildman–Crippen MR) is 68.3 cm³/mol. The molecule has 0 saturated carbocycles. The van der Waals surface area contributed by atoms with Gasteiger partial charge in [0, 0.05) is 6.07 Å². The summed E-state index contributed by atoms with van der Waals surface area (Å²) < 4.78 is 43.0. The molecule has 0 saturated heterocycles. The largest absolute Gasteiger partial charge is 0.439 e. The lowest BCUT2D eigenvalue weighted by molar-refractivity contribution is -0.137. The molecule has 1 aromatic heterocycles. The number of amidine groups is 1. The van der Waals surface area contributed by atoms with E-state index in [9.17, 15) is 13.2 Å². The number of ether oxygens (including phenoxy) is 1. The standard InChI is InChI=1S/C13H10F3N3O2/c14-13(15,16)8-3-1-4-9(7-8)21-11-6-2-5-10(18-11)12(17)19-20/h1-7,20H,(H2,17,19). The van der Waals surface area contributed by atoms with E-state index >= 15 is 0 Å². The quantitative estimate of drug-likeness (QED) is 0.395. The van der Waals surface area contributed by atoms with Crippen molar-refractivity contribution in [2.75, 3.05) is 0 Å². The molecule has 0 aliphatic carbocycles. The summed E-state index contributed by atoms with van der Waals surface area (Å²) in [5.41, 5.74) is 4.69. The van der Waals surface area contributed by atoms with Gasteiger partial charge in [0.1, 0.15) is 11.4 Å². The molecule has 3 N–H and O–H groups in total. The first kappa shape index (κ1) is 14.6. The molecule has 0 fully saturated rings. The Morgan fingerprint density at radius 1 is 1.19 bits per heavy atom. The number of alkyl halides is 3. The first-order chi connectivity index (χ1) is 9.90. The molecule has 0 unspecified atom stereocenters. The van der Waals surface area contributed by atoms with Crippen LogP contribution in [0.3, 0.4) is 0 Å². The van der Waals surface area contributed by atoms with Gasteiger partial charge in [-0.3, -0.25) is 0 Å². The zero-order chi connectivity index (χ0) is 15.5. The summed E-state index contributed by atoms with van der Waals surface area (Å²) in [6.45, 7) is 0. The maximum atomic E-state index is 12.6.